The van der Waals surface area contributed by atoms with Gasteiger partial charge in [-0.2, -0.15) is 0 Å². The SMILES string of the molecule is CCCCOc1c2cc(C(C)(C)C)cc1Cc1cc(C(C)(C)C)cc(c1OCCCC)Cc1cc(C(C)(C)C)cc(c1OCC(=O)O)Cc1cc(C(C)(C)C)cc(c1OCCCC)C2. The lowest BCUT2D eigenvalue weighted by Gasteiger charge is -2.29. The topological polar surface area (TPSA) is 74.2 Å². The van der Waals surface area contributed by atoms with Crippen molar-refractivity contribution in [2.24, 2.45) is 0 Å². The Morgan fingerprint density at radius 3 is 0.781 bits per heavy atom. The van der Waals surface area contributed by atoms with Gasteiger partial charge in [0, 0.05) is 25.7 Å². The van der Waals surface area contributed by atoms with Crippen LogP contribution in [-0.2, 0) is 52.1 Å². The second kappa shape index (κ2) is 20.8. The Labute approximate surface area is 387 Å². The van der Waals surface area contributed by atoms with Crippen LogP contribution in [0, 0.1) is 0 Å². The Kier molecular flexibility index (Phi) is 16.4. The quantitative estimate of drug-likeness (QED) is 0.106. The molecule has 0 aliphatic heterocycles. The number of benzene rings is 4. The van der Waals surface area contributed by atoms with Crippen molar-refractivity contribution < 1.29 is 28.8 Å². The van der Waals surface area contributed by atoms with Gasteiger partial charge in [-0.05, 0) is 108 Å². The predicted octanol–water partition coefficient (Wildman–Crippen LogP) is 14.6. The Balaban J connectivity index is 2.02. The van der Waals surface area contributed by atoms with Crippen molar-refractivity contribution in [1.82, 2.24) is 0 Å². The van der Waals surface area contributed by atoms with Gasteiger partial charge in [0.05, 0.1) is 19.8 Å². The highest BCUT2D eigenvalue weighted by molar-refractivity contribution is 5.69. The summed E-state index contributed by atoms with van der Waals surface area (Å²) in [5, 5.41) is 10.1. The smallest absolute Gasteiger partial charge is 0.341 e. The molecule has 1 aliphatic rings. The number of carboxylic acids is 1. The lowest BCUT2D eigenvalue weighted by atomic mass is 9.79. The van der Waals surface area contributed by atoms with Crippen LogP contribution >= 0.6 is 0 Å². The Bertz CT molecular complexity index is 2110. The number of carboxylic acid groups (broad SMARTS) is 1. The maximum Gasteiger partial charge on any atom is 0.341 e. The van der Waals surface area contributed by atoms with Crippen molar-refractivity contribution >= 4 is 5.97 Å². The molecule has 5 rings (SSSR count). The lowest BCUT2D eigenvalue weighted by Crippen LogP contribution is -2.18. The molecule has 0 saturated heterocycles. The normalized spacial score (nSPS) is 13.4. The van der Waals surface area contributed by atoms with Crippen LogP contribution in [0.25, 0.3) is 0 Å². The van der Waals surface area contributed by atoms with E-state index in [9.17, 15) is 9.90 Å². The third kappa shape index (κ3) is 12.9. The molecule has 0 radical (unpaired) electrons. The van der Waals surface area contributed by atoms with Crippen molar-refractivity contribution in [2.45, 2.75) is 190 Å². The monoisotopic (exact) mass is 875 g/mol. The molecule has 4 aromatic rings. The number of hydrogen-bond acceptors (Lipinski definition) is 5. The fourth-order valence-electron chi connectivity index (χ4n) is 8.45. The summed E-state index contributed by atoms with van der Waals surface area (Å²) in [5.41, 5.74) is 12.9. The van der Waals surface area contributed by atoms with E-state index in [2.05, 4.69) is 152 Å². The third-order valence-electron chi connectivity index (χ3n) is 12.5. The average Bonchev–Trinajstić information content (AvgIpc) is 3.18. The molecule has 0 heterocycles. The zero-order chi connectivity index (χ0) is 47.2. The summed E-state index contributed by atoms with van der Waals surface area (Å²) >= 11 is 0. The van der Waals surface area contributed by atoms with E-state index in [4.69, 9.17) is 18.9 Å². The van der Waals surface area contributed by atoms with E-state index < -0.39 is 12.6 Å². The summed E-state index contributed by atoms with van der Waals surface area (Å²) in [6.45, 7) is 35.3. The van der Waals surface area contributed by atoms with Crippen LogP contribution in [0.5, 0.6) is 23.0 Å². The van der Waals surface area contributed by atoms with E-state index in [1.807, 2.05) is 0 Å². The molecule has 0 atom stereocenters. The van der Waals surface area contributed by atoms with Gasteiger partial charge in [0.1, 0.15) is 23.0 Å². The summed E-state index contributed by atoms with van der Waals surface area (Å²) in [7, 11) is 0. The Morgan fingerprint density at radius 2 is 0.609 bits per heavy atom. The molecule has 0 unspecified atom stereocenters. The highest BCUT2D eigenvalue weighted by Gasteiger charge is 2.29. The molecule has 4 aromatic carbocycles. The van der Waals surface area contributed by atoms with Crippen molar-refractivity contribution in [3.63, 3.8) is 0 Å². The van der Waals surface area contributed by atoms with E-state index in [0.29, 0.717) is 51.3 Å². The van der Waals surface area contributed by atoms with Gasteiger partial charge in [-0.25, -0.2) is 4.79 Å². The molecule has 1 N–H and O–H groups in total. The molecule has 0 saturated carbocycles. The number of aliphatic carboxylic acids is 1. The van der Waals surface area contributed by atoms with Gasteiger partial charge in [-0.15, -0.1) is 0 Å². The number of ether oxygens (including phenoxy) is 4. The largest absolute Gasteiger partial charge is 0.493 e. The first-order valence-electron chi connectivity index (χ1n) is 24.3. The van der Waals surface area contributed by atoms with Crippen LogP contribution in [0.1, 0.15) is 209 Å². The first-order chi connectivity index (χ1) is 29.9. The van der Waals surface area contributed by atoms with Crippen molar-refractivity contribution in [2.75, 3.05) is 26.4 Å². The molecule has 0 amide bonds. The highest BCUT2D eigenvalue weighted by atomic mass is 16.5. The molecular weight excluding hydrogens is 793 g/mol. The van der Waals surface area contributed by atoms with Crippen LogP contribution < -0.4 is 18.9 Å². The van der Waals surface area contributed by atoms with E-state index in [1.165, 1.54) is 22.3 Å². The van der Waals surface area contributed by atoms with Gasteiger partial charge in [-0.3, -0.25) is 0 Å². The van der Waals surface area contributed by atoms with Crippen molar-refractivity contribution in [3.05, 3.63) is 115 Å². The lowest BCUT2D eigenvalue weighted by molar-refractivity contribution is -0.139. The highest BCUT2D eigenvalue weighted by Crippen LogP contribution is 2.44. The van der Waals surface area contributed by atoms with E-state index in [-0.39, 0.29) is 21.7 Å². The van der Waals surface area contributed by atoms with E-state index >= 15 is 0 Å². The molecule has 1 aliphatic carbocycles. The zero-order valence-corrected chi connectivity index (χ0v) is 42.5. The second-order valence-electron chi connectivity index (χ2n) is 22.5. The first kappa shape index (κ1) is 50.5. The van der Waals surface area contributed by atoms with Crippen molar-refractivity contribution in [3.8, 4) is 23.0 Å². The fraction of sp³-hybridized carbons (Fsp3) is 0.569. The van der Waals surface area contributed by atoms with Gasteiger partial charge in [0.2, 0.25) is 0 Å². The van der Waals surface area contributed by atoms with Gasteiger partial charge in [-0.1, -0.05) is 172 Å². The average molecular weight is 875 g/mol. The van der Waals surface area contributed by atoms with Crippen LogP contribution in [-0.4, -0.2) is 37.5 Å². The van der Waals surface area contributed by atoms with Gasteiger partial charge < -0.3 is 24.1 Å². The predicted molar refractivity (Wildman–Crippen MR) is 266 cm³/mol. The minimum atomic E-state index is -1.01. The van der Waals surface area contributed by atoms with Gasteiger partial charge in [0.25, 0.3) is 0 Å². The molecule has 6 heteroatoms. The standard InChI is InChI=1S/C58H82O6/c1-16-19-22-61-51-38-25-40-31-47(56(7,8)9)33-42(52(40)62-23-20-17-2)27-44-35-49(58(13,14)15)36-45(54(44)64-37-50(59)60)28-43-34-48(57(10,11)12)32-41(53(43)63-24-21-18-3)26-39(51)30-46(29-38)55(4,5)6/h29-36H,16-28,37H2,1-15H3,(H,59,60). The van der Waals surface area contributed by atoms with E-state index in [1.54, 1.807) is 0 Å². The maximum atomic E-state index is 12.4. The maximum absolute atomic E-state index is 12.4. The fourth-order valence-corrected chi connectivity index (χ4v) is 8.45. The number of hydrogen-bond donors (Lipinski definition) is 1. The van der Waals surface area contributed by atoms with Gasteiger partial charge >= 0.3 is 5.97 Å². The second-order valence-corrected chi connectivity index (χ2v) is 22.5. The summed E-state index contributed by atoms with van der Waals surface area (Å²) < 4.78 is 27.5. The van der Waals surface area contributed by atoms with Crippen LogP contribution in [0.4, 0.5) is 0 Å². The van der Waals surface area contributed by atoms with Crippen LogP contribution in [0.3, 0.4) is 0 Å². The van der Waals surface area contributed by atoms with Crippen LogP contribution in [0.15, 0.2) is 48.5 Å². The molecular formula is C58H82O6. The van der Waals surface area contributed by atoms with Crippen molar-refractivity contribution in [1.29, 1.82) is 0 Å². The summed E-state index contributed by atoms with van der Waals surface area (Å²) in [5.74, 6) is 2.37. The summed E-state index contributed by atoms with van der Waals surface area (Å²) in [6, 6.07) is 18.7. The Hall–Kier alpha value is -4.45. The molecule has 6 nitrogen and oxygen atoms in total. The zero-order valence-electron chi connectivity index (χ0n) is 42.5. The minimum absolute atomic E-state index is 0.121. The van der Waals surface area contributed by atoms with E-state index in [0.717, 1.165) is 100 Å². The van der Waals surface area contributed by atoms with Crippen LogP contribution in [0.2, 0.25) is 0 Å². The minimum Gasteiger partial charge on any atom is -0.493 e. The summed E-state index contributed by atoms with van der Waals surface area (Å²) in [6.07, 6.45) is 8.16. The number of fused-ring (bicyclic) bond motifs is 8. The van der Waals surface area contributed by atoms with Gasteiger partial charge in [0.15, 0.2) is 6.61 Å². The first-order valence-corrected chi connectivity index (χ1v) is 24.3. The Morgan fingerprint density at radius 1 is 0.406 bits per heavy atom. The number of unbranched alkanes of at least 4 members (excludes halogenated alkanes) is 3. The number of carbonyl (C=O) groups is 1. The summed E-state index contributed by atoms with van der Waals surface area (Å²) in [4.78, 5) is 12.4. The molecule has 8 bridgehead atoms. The third-order valence-corrected chi connectivity index (χ3v) is 12.5. The molecule has 350 valence electrons. The number of rotatable bonds is 15. The molecule has 0 aromatic heterocycles. The molecule has 0 fully saturated rings. The molecule has 64 heavy (non-hydrogen) atoms. The molecule has 0 spiro atoms.